The predicted octanol–water partition coefficient (Wildman–Crippen LogP) is 8.73. The van der Waals surface area contributed by atoms with Gasteiger partial charge in [0.05, 0.1) is 55.1 Å². The number of alkyl halides is 3. The van der Waals surface area contributed by atoms with Crippen LogP contribution in [0.25, 0.3) is 41.7 Å². The highest BCUT2D eigenvalue weighted by Gasteiger charge is 2.44. The Morgan fingerprint density at radius 2 is 1.13 bits per heavy atom. The van der Waals surface area contributed by atoms with Crippen LogP contribution in [0.1, 0.15) is 38.9 Å². The Labute approximate surface area is 252 Å². The number of fused-ring (bicyclic) bond motifs is 3. The van der Waals surface area contributed by atoms with E-state index < -0.39 is 114 Å². The first-order valence-electron chi connectivity index (χ1n) is 11.7. The van der Waals surface area contributed by atoms with Gasteiger partial charge in [0.15, 0.2) is 40.4 Å². The molecule has 16 heteroatoms. The van der Waals surface area contributed by atoms with E-state index in [0.29, 0.717) is 0 Å². The second kappa shape index (κ2) is 11.0. The molecule has 4 rings (SSSR count). The minimum atomic E-state index is -5.63. The fourth-order valence-electron chi connectivity index (χ4n) is 5.03. The molecule has 0 saturated carbocycles. The van der Waals surface area contributed by atoms with E-state index in [0.717, 1.165) is 6.92 Å². The van der Waals surface area contributed by atoms with E-state index in [1.54, 1.807) is 6.07 Å². The van der Waals surface area contributed by atoms with Crippen molar-refractivity contribution in [2.24, 2.45) is 0 Å². The molecule has 0 heterocycles. The van der Waals surface area contributed by atoms with E-state index in [1.165, 1.54) is 18.2 Å². The monoisotopic (exact) mass is 624 g/mol. The molecule has 0 aromatic heterocycles. The Kier molecular flexibility index (Phi) is 7.57. The maximum Gasteiger partial charge on any atom is 0.573 e. The Balaban J connectivity index is 2.57. The highest BCUT2D eigenvalue weighted by Crippen LogP contribution is 2.61. The number of hydrogen-bond acceptors (Lipinski definition) is 5. The predicted molar refractivity (Wildman–Crippen MR) is 140 cm³/mol. The molecule has 0 fully saturated rings. The number of nitrogens with zero attached hydrogens (tertiary/aromatic N) is 8. The smallest absolute Gasteiger partial charge is 0.404 e. The summed E-state index contributed by atoms with van der Waals surface area (Å²) in [5.74, 6) is -10.8. The van der Waals surface area contributed by atoms with Crippen LogP contribution >= 0.6 is 0 Å². The van der Waals surface area contributed by atoms with Crippen molar-refractivity contribution in [2.45, 2.75) is 13.3 Å². The highest BCUT2D eigenvalue weighted by molar-refractivity contribution is 6.21. The molecule has 9 nitrogen and oxygen atoms in total. The summed E-state index contributed by atoms with van der Waals surface area (Å²) in [6, 6.07) is 5.50. The molecular weight excluding hydrogens is 621 g/mol. The van der Waals surface area contributed by atoms with E-state index in [2.05, 4.69) is 24.1 Å². The van der Waals surface area contributed by atoms with Crippen LogP contribution in [0, 0.1) is 102 Å². The molecule has 1 aliphatic rings. The summed E-state index contributed by atoms with van der Waals surface area (Å²) in [5.41, 5.74) is -15.1. The number of nitriles is 4. The lowest BCUT2D eigenvalue weighted by Crippen LogP contribution is -2.19. The number of ether oxygens (including phenoxy) is 1. The van der Waals surface area contributed by atoms with Crippen molar-refractivity contribution in [1.29, 1.82) is 21.0 Å². The summed E-state index contributed by atoms with van der Waals surface area (Å²) < 4.78 is 105. The van der Waals surface area contributed by atoms with Gasteiger partial charge in [-0.2, -0.15) is 21.0 Å². The molecule has 0 aliphatic heterocycles. The van der Waals surface area contributed by atoms with Crippen molar-refractivity contribution in [1.82, 2.24) is 0 Å². The van der Waals surface area contributed by atoms with Crippen molar-refractivity contribution in [3.8, 4) is 41.2 Å². The van der Waals surface area contributed by atoms with Crippen molar-refractivity contribution in [3.05, 3.63) is 108 Å². The first-order chi connectivity index (χ1) is 21.7. The molecule has 3 aromatic carbocycles. The quantitative estimate of drug-likeness (QED) is 0.0956. The van der Waals surface area contributed by atoms with E-state index in [4.69, 9.17) is 26.3 Å². The van der Waals surface area contributed by atoms with Gasteiger partial charge in [0.25, 0.3) is 5.69 Å². The van der Waals surface area contributed by atoms with Gasteiger partial charge in [0, 0.05) is 5.56 Å². The van der Waals surface area contributed by atoms with Gasteiger partial charge >= 0.3 is 6.36 Å². The minimum Gasteiger partial charge on any atom is -0.404 e. The summed E-state index contributed by atoms with van der Waals surface area (Å²) in [6.45, 7) is 31.0. The van der Waals surface area contributed by atoms with Crippen LogP contribution in [0.5, 0.6) is 5.75 Å². The summed E-state index contributed by atoms with van der Waals surface area (Å²) in [4.78, 5) is 11.9. The summed E-state index contributed by atoms with van der Waals surface area (Å²) in [6.07, 6.45) is -5.63. The third-order valence-corrected chi connectivity index (χ3v) is 6.71. The zero-order chi connectivity index (χ0) is 34.4. The number of allylic oxidation sites excluding steroid dienone is 1. The molecule has 0 unspecified atom stereocenters. The summed E-state index contributed by atoms with van der Waals surface area (Å²) in [5, 5.41) is 40.2. The van der Waals surface area contributed by atoms with E-state index in [1.807, 2.05) is 0 Å². The van der Waals surface area contributed by atoms with Gasteiger partial charge in [-0.1, -0.05) is 6.92 Å². The summed E-state index contributed by atoms with van der Waals surface area (Å²) >= 11 is 0. The Morgan fingerprint density at radius 3 is 1.54 bits per heavy atom. The highest BCUT2D eigenvalue weighted by atomic mass is 19.4. The number of hydrogen-bond donors (Lipinski definition) is 0. The van der Waals surface area contributed by atoms with Crippen LogP contribution in [0.2, 0.25) is 0 Å². The van der Waals surface area contributed by atoms with Crippen LogP contribution in [0.15, 0.2) is 0 Å². The largest absolute Gasteiger partial charge is 0.573 e. The molecule has 0 bridgehead atoms. The second-order valence-corrected chi connectivity index (χ2v) is 8.80. The molecule has 0 radical (unpaired) electrons. The zero-order valence-electron chi connectivity index (χ0n) is 22.1. The first kappa shape index (κ1) is 31.6. The molecule has 3 aromatic rings. The maximum atomic E-state index is 15.4. The average Bonchev–Trinajstić information content (AvgIpc) is 3.35. The standard InChI is InChI=1S/C30H3F7N8O/c1-10-25(42-2)12(7-39)16-19(26(10)43-3)15(11(6-38)18-21(31)23(33)28(45-5)24(34)22(18)32)17-13(8-40)29(46-30(35,36)37)14(9-41)27(44-4)20(16)17/h1H3/b15-11-. The van der Waals surface area contributed by atoms with Crippen molar-refractivity contribution in [3.63, 3.8) is 0 Å². The fourth-order valence-corrected chi connectivity index (χ4v) is 5.03. The van der Waals surface area contributed by atoms with Crippen LogP contribution in [0.4, 0.5) is 53.5 Å². The SMILES string of the molecule is [C-]#[N+]c1c(F)c(F)c(/C(C#N)=C2\c3c([N+]#[C-])c(C)c([N+]#[C-])c(C#N)c3-c3c([N+]#[C-])c(C#N)c(OC(F)(F)F)c(C#N)c32)c(F)c1F. The van der Waals surface area contributed by atoms with Gasteiger partial charge < -0.3 is 4.74 Å². The number of halogens is 7. The van der Waals surface area contributed by atoms with E-state index >= 15 is 8.78 Å². The van der Waals surface area contributed by atoms with Crippen molar-refractivity contribution < 1.29 is 35.5 Å². The number of benzene rings is 3. The fraction of sp³-hybridized carbons (Fsp3) is 0.0667. The molecule has 0 spiro atoms. The minimum absolute atomic E-state index is 0.306. The van der Waals surface area contributed by atoms with Gasteiger partial charge in [-0.05, 0) is 27.8 Å². The van der Waals surface area contributed by atoms with Crippen LogP contribution in [0.3, 0.4) is 0 Å². The van der Waals surface area contributed by atoms with Crippen molar-refractivity contribution in [2.75, 3.05) is 0 Å². The molecule has 0 amide bonds. The maximum absolute atomic E-state index is 15.4. The molecule has 46 heavy (non-hydrogen) atoms. The van der Waals surface area contributed by atoms with Gasteiger partial charge in [0.2, 0.25) is 5.69 Å². The van der Waals surface area contributed by atoms with E-state index in [9.17, 15) is 43.0 Å². The normalized spacial score (nSPS) is 12.0. The Hall–Kier alpha value is -7.37. The second-order valence-electron chi connectivity index (χ2n) is 8.80. The molecule has 0 N–H and O–H groups in total. The number of rotatable bonds is 2. The lowest BCUT2D eigenvalue weighted by Gasteiger charge is -2.18. The molecule has 218 valence electrons. The van der Waals surface area contributed by atoms with Crippen LogP contribution in [-0.4, -0.2) is 6.36 Å². The first-order valence-corrected chi connectivity index (χ1v) is 11.7. The van der Waals surface area contributed by atoms with Crippen LogP contribution < -0.4 is 4.74 Å². The van der Waals surface area contributed by atoms with Gasteiger partial charge in [-0.15, -0.1) is 13.2 Å². The van der Waals surface area contributed by atoms with Crippen LogP contribution in [-0.2, 0) is 0 Å². The van der Waals surface area contributed by atoms with E-state index in [-0.39, 0.29) is 5.56 Å². The zero-order valence-corrected chi connectivity index (χ0v) is 22.1. The molecule has 1 aliphatic carbocycles. The lowest BCUT2D eigenvalue weighted by molar-refractivity contribution is -0.274. The van der Waals surface area contributed by atoms with Crippen molar-refractivity contribution >= 4 is 33.9 Å². The molecular formula is C30H3F7N8O. The lowest BCUT2D eigenvalue weighted by atomic mass is 9.88. The Bertz CT molecular complexity index is 2340. The molecule has 0 saturated heterocycles. The van der Waals surface area contributed by atoms with Gasteiger partial charge in [-0.25, -0.2) is 36.9 Å². The van der Waals surface area contributed by atoms with Gasteiger partial charge in [-0.3, -0.25) is 0 Å². The Morgan fingerprint density at radius 1 is 0.630 bits per heavy atom. The third kappa shape index (κ3) is 4.17. The average molecular weight is 624 g/mol. The van der Waals surface area contributed by atoms with Gasteiger partial charge in [0.1, 0.15) is 23.3 Å². The topological polar surface area (TPSA) is 122 Å². The third-order valence-electron chi connectivity index (χ3n) is 6.71. The summed E-state index contributed by atoms with van der Waals surface area (Å²) in [7, 11) is 0. The molecule has 0 atom stereocenters.